The number of hydrogen-bond donors (Lipinski definition) is 1. The zero-order valence-electron chi connectivity index (χ0n) is 22.4. The maximum atomic E-state index is 13.2. The predicted molar refractivity (Wildman–Crippen MR) is 137 cm³/mol. The van der Waals surface area contributed by atoms with E-state index in [0.717, 1.165) is 15.7 Å². The summed E-state index contributed by atoms with van der Waals surface area (Å²) in [4.78, 5) is 17.5. The molecule has 0 unspecified atom stereocenters. The molecule has 1 aliphatic rings. The highest BCUT2D eigenvalue weighted by Gasteiger charge is 2.36. The van der Waals surface area contributed by atoms with E-state index in [2.05, 4.69) is 11.1 Å². The number of ether oxygens (including phenoxy) is 1. The Morgan fingerprint density at radius 2 is 1.97 bits per heavy atom. The molecule has 7 nitrogen and oxygen atoms in total. The fraction of sp³-hybridized carbons (Fsp3) is 0.138. The predicted octanol–water partition coefficient (Wildman–Crippen LogP) is 3.95. The highest BCUT2D eigenvalue weighted by atomic mass is 16.5. The van der Waals surface area contributed by atoms with E-state index < -0.39 is 18.1 Å². The number of imidazole rings is 1. The van der Waals surface area contributed by atoms with Crippen molar-refractivity contribution >= 4 is 10.9 Å². The molecule has 2 N–H and O–H groups in total. The average molecular weight is 477 g/mol. The van der Waals surface area contributed by atoms with Gasteiger partial charge in [0.2, 0.25) is 0 Å². The second-order valence-corrected chi connectivity index (χ2v) is 8.97. The third kappa shape index (κ3) is 3.16. The number of rotatable bonds is 1. The Hall–Kier alpha value is -4.67. The first-order chi connectivity index (χ1) is 18.6. The van der Waals surface area contributed by atoms with E-state index >= 15 is 0 Å². The first-order valence-electron chi connectivity index (χ1n) is 12.8. The van der Waals surface area contributed by atoms with Crippen LogP contribution < -0.4 is 16.0 Å². The molecule has 0 amide bonds. The lowest BCUT2D eigenvalue weighted by Gasteiger charge is -2.32. The largest absolute Gasteiger partial charge is 0.488 e. The third-order valence-electron chi connectivity index (χ3n) is 6.88. The summed E-state index contributed by atoms with van der Waals surface area (Å²) < 4.78 is 32.9. The summed E-state index contributed by atoms with van der Waals surface area (Å²) in [5, 5.41) is 10.3. The maximum Gasteiger partial charge on any atom is 0.251 e. The average Bonchev–Trinajstić information content (AvgIpc) is 3.35. The van der Waals surface area contributed by atoms with Crippen LogP contribution in [0.15, 0.2) is 84.0 Å². The van der Waals surface area contributed by atoms with Gasteiger partial charge < -0.3 is 19.6 Å². The molecule has 1 atom stereocenters. The molecular formula is C29H23N5O2. The fourth-order valence-electron chi connectivity index (χ4n) is 4.98. The zero-order chi connectivity index (χ0) is 27.5. The first kappa shape index (κ1) is 18.6. The molecule has 7 heteroatoms. The van der Waals surface area contributed by atoms with Gasteiger partial charge in [-0.15, -0.1) is 0 Å². The van der Waals surface area contributed by atoms with Gasteiger partial charge in [0.15, 0.2) is 0 Å². The summed E-state index contributed by atoms with van der Waals surface area (Å²) in [7, 11) is 1.84. The first-order valence-corrected chi connectivity index (χ1v) is 11.3. The van der Waals surface area contributed by atoms with Crippen LogP contribution in [0.5, 0.6) is 5.75 Å². The van der Waals surface area contributed by atoms with Crippen molar-refractivity contribution in [1.82, 2.24) is 14.1 Å². The number of nitrogens with two attached hydrogens (primary N) is 1. The molecule has 0 aliphatic carbocycles. The van der Waals surface area contributed by atoms with E-state index in [0.29, 0.717) is 39.1 Å². The molecule has 5 aromatic rings. The van der Waals surface area contributed by atoms with Crippen molar-refractivity contribution in [2.45, 2.75) is 12.1 Å². The fourth-order valence-corrected chi connectivity index (χ4v) is 4.98. The normalized spacial score (nSPS) is 18.1. The highest BCUT2D eigenvalue weighted by Crippen LogP contribution is 2.39. The Kier molecular flexibility index (Phi) is 4.11. The summed E-state index contributed by atoms with van der Waals surface area (Å²) in [5.74, 6) is 0.386. The van der Waals surface area contributed by atoms with Crippen LogP contribution in [0.3, 0.4) is 0 Å². The molecule has 1 aliphatic heterocycles. The zero-order valence-corrected chi connectivity index (χ0v) is 19.4. The van der Waals surface area contributed by atoms with Crippen LogP contribution in [0.25, 0.3) is 22.0 Å². The molecule has 0 saturated carbocycles. The van der Waals surface area contributed by atoms with Gasteiger partial charge in [0.1, 0.15) is 24.0 Å². The van der Waals surface area contributed by atoms with Crippen molar-refractivity contribution in [3.63, 3.8) is 0 Å². The number of nitrogens with zero attached hydrogens (tertiary/aromatic N) is 4. The smallest absolute Gasteiger partial charge is 0.251 e. The number of nitriles is 1. The van der Waals surface area contributed by atoms with E-state index in [9.17, 15) is 10.1 Å². The standard InChI is InChI=1S/C29H23N5O2/c1-33-17-32-15-27(33)29(31)21-8-9-25-24(11-21)23(13-28(35)34(25)2)19-5-3-4-18(10-19)16-36-26-12-22(29)7-6-20(26)14-30/h3-13,15,17H,16,31H2,1-2H3/t29-/m0/s1/i2D3. The minimum atomic E-state index is -2.68. The lowest BCUT2D eigenvalue weighted by Crippen LogP contribution is -2.41. The van der Waals surface area contributed by atoms with Crippen molar-refractivity contribution in [2.75, 3.05) is 0 Å². The number of fused-ring (bicyclic) bond motifs is 6. The van der Waals surface area contributed by atoms with E-state index in [4.69, 9.17) is 14.6 Å². The van der Waals surface area contributed by atoms with Gasteiger partial charge in [0.05, 0.1) is 29.3 Å². The van der Waals surface area contributed by atoms with Gasteiger partial charge in [-0.2, -0.15) is 5.26 Å². The molecule has 0 spiro atoms. The Morgan fingerprint density at radius 1 is 1.14 bits per heavy atom. The monoisotopic (exact) mass is 476 g/mol. The molecule has 3 aromatic carbocycles. The van der Waals surface area contributed by atoms with Crippen molar-refractivity contribution in [3.05, 3.63) is 118 Å². The summed E-state index contributed by atoms with van der Waals surface area (Å²) in [6.45, 7) is -2.51. The minimum Gasteiger partial charge on any atom is -0.488 e. The molecular weight excluding hydrogens is 450 g/mol. The molecule has 6 bridgehead atoms. The lowest BCUT2D eigenvalue weighted by atomic mass is 9.79. The number of benzene rings is 3. The summed E-state index contributed by atoms with van der Waals surface area (Å²) in [6.07, 6.45) is 3.32. The van der Waals surface area contributed by atoms with Gasteiger partial charge in [-0.3, -0.25) is 4.79 Å². The Bertz CT molecular complexity index is 1880. The van der Waals surface area contributed by atoms with Gasteiger partial charge >= 0.3 is 0 Å². The Morgan fingerprint density at radius 3 is 2.75 bits per heavy atom. The topological polar surface area (TPSA) is 98.9 Å². The van der Waals surface area contributed by atoms with Gasteiger partial charge in [-0.25, -0.2) is 4.98 Å². The van der Waals surface area contributed by atoms with E-state index in [-0.39, 0.29) is 12.1 Å². The van der Waals surface area contributed by atoms with Gasteiger partial charge in [-0.05, 0) is 58.1 Å². The summed E-state index contributed by atoms with van der Waals surface area (Å²) in [5.41, 5.74) is 10.1. The van der Waals surface area contributed by atoms with Crippen LogP contribution in [0.2, 0.25) is 0 Å². The lowest BCUT2D eigenvalue weighted by molar-refractivity contribution is 0.304. The molecule has 2 aromatic heterocycles. The SMILES string of the molecule is [2H]C([2H])([2H])n1c(=O)cc2c3cc(ccc31)[C@@](N)(c1cncn1C)c1ccc(C#N)c(c1)OCc1cccc-2c1. The van der Waals surface area contributed by atoms with Crippen LogP contribution in [0, 0.1) is 11.3 Å². The third-order valence-corrected chi connectivity index (χ3v) is 6.88. The molecule has 6 rings (SSSR count). The Balaban J connectivity index is 1.78. The van der Waals surface area contributed by atoms with Crippen molar-refractivity contribution in [2.24, 2.45) is 19.8 Å². The van der Waals surface area contributed by atoms with Crippen LogP contribution in [0.4, 0.5) is 0 Å². The van der Waals surface area contributed by atoms with E-state index in [1.54, 1.807) is 42.9 Å². The van der Waals surface area contributed by atoms with Crippen LogP contribution in [-0.4, -0.2) is 14.1 Å². The number of aromatic nitrogens is 3. The molecule has 0 saturated heterocycles. The van der Waals surface area contributed by atoms with Gasteiger partial charge in [0.25, 0.3) is 5.56 Å². The molecule has 176 valence electrons. The summed E-state index contributed by atoms with van der Waals surface area (Å²) in [6, 6.07) is 21.5. The molecule has 0 radical (unpaired) electrons. The van der Waals surface area contributed by atoms with Gasteiger partial charge in [0, 0.05) is 29.6 Å². The number of hydrogen-bond acceptors (Lipinski definition) is 5. The quantitative estimate of drug-likeness (QED) is 0.395. The van der Waals surface area contributed by atoms with E-state index in [1.807, 2.05) is 41.9 Å². The Labute approximate surface area is 211 Å². The highest BCUT2D eigenvalue weighted by molar-refractivity contribution is 5.95. The number of pyridine rings is 1. The second kappa shape index (κ2) is 7.94. The summed E-state index contributed by atoms with van der Waals surface area (Å²) >= 11 is 0. The second-order valence-electron chi connectivity index (χ2n) is 8.97. The van der Waals surface area contributed by atoms with Gasteiger partial charge in [-0.1, -0.05) is 30.3 Å². The van der Waals surface area contributed by atoms with Crippen molar-refractivity contribution in [1.29, 1.82) is 5.26 Å². The van der Waals surface area contributed by atoms with Crippen LogP contribution in [0.1, 0.15) is 32.1 Å². The van der Waals surface area contributed by atoms with Crippen LogP contribution >= 0.6 is 0 Å². The number of aryl methyl sites for hydroxylation is 2. The minimum absolute atomic E-state index is 0.169. The molecule has 3 heterocycles. The molecule has 0 fully saturated rings. The van der Waals surface area contributed by atoms with Crippen molar-refractivity contribution in [3.8, 4) is 22.9 Å². The van der Waals surface area contributed by atoms with E-state index in [1.165, 1.54) is 6.07 Å². The van der Waals surface area contributed by atoms with Crippen LogP contribution in [-0.2, 0) is 26.2 Å². The van der Waals surface area contributed by atoms with Crippen molar-refractivity contribution < 1.29 is 8.85 Å². The maximum absolute atomic E-state index is 13.2. The molecule has 36 heavy (non-hydrogen) atoms.